The Morgan fingerprint density at radius 3 is 2.65 bits per heavy atom. The molecular weight excluding hydrogens is 252 g/mol. The zero-order valence-electron chi connectivity index (χ0n) is 13.6. The molecule has 1 saturated heterocycles. The van der Waals surface area contributed by atoms with Gasteiger partial charge in [0, 0.05) is 18.6 Å². The van der Waals surface area contributed by atoms with Crippen LogP contribution in [0.15, 0.2) is 0 Å². The number of ether oxygens (including phenoxy) is 1. The number of rotatable bonds is 3. The van der Waals surface area contributed by atoms with Crippen molar-refractivity contribution in [3.8, 4) is 0 Å². The van der Waals surface area contributed by atoms with Gasteiger partial charge in [0.15, 0.2) is 0 Å². The van der Waals surface area contributed by atoms with Gasteiger partial charge in [0.05, 0.1) is 7.11 Å². The summed E-state index contributed by atoms with van der Waals surface area (Å²) >= 11 is 0. The van der Waals surface area contributed by atoms with Crippen molar-refractivity contribution < 1.29 is 9.53 Å². The van der Waals surface area contributed by atoms with E-state index in [-0.39, 0.29) is 5.97 Å². The highest BCUT2D eigenvalue weighted by atomic mass is 16.5. The Morgan fingerprint density at radius 2 is 2.05 bits per heavy atom. The number of hydrogen-bond acceptors (Lipinski definition) is 4. The van der Waals surface area contributed by atoms with Gasteiger partial charge >= 0.3 is 5.97 Å². The molecule has 20 heavy (non-hydrogen) atoms. The maximum absolute atomic E-state index is 12.1. The smallest absolute Gasteiger partial charge is 0.326 e. The lowest BCUT2D eigenvalue weighted by molar-refractivity contribution is -0.148. The SMILES string of the molecule is CNC1(C(=O)OC)CCC(N2CC(C)CC(C)C2C)C1. The average molecular weight is 282 g/mol. The highest BCUT2D eigenvalue weighted by Crippen LogP contribution is 2.38. The van der Waals surface area contributed by atoms with Crippen molar-refractivity contribution in [2.45, 2.75) is 64.1 Å². The quantitative estimate of drug-likeness (QED) is 0.804. The summed E-state index contributed by atoms with van der Waals surface area (Å²) in [5.41, 5.74) is -0.469. The molecule has 0 spiro atoms. The van der Waals surface area contributed by atoms with Gasteiger partial charge in [-0.3, -0.25) is 9.69 Å². The Kier molecular flexibility index (Phi) is 4.75. The summed E-state index contributed by atoms with van der Waals surface area (Å²) in [6, 6.07) is 1.11. The van der Waals surface area contributed by atoms with Crippen molar-refractivity contribution in [3.63, 3.8) is 0 Å². The third-order valence-electron chi connectivity index (χ3n) is 5.66. The van der Waals surface area contributed by atoms with Crippen LogP contribution < -0.4 is 5.32 Å². The predicted molar refractivity (Wildman–Crippen MR) is 80.6 cm³/mol. The molecule has 2 rings (SSSR count). The molecule has 4 nitrogen and oxygen atoms in total. The van der Waals surface area contributed by atoms with E-state index in [1.807, 2.05) is 7.05 Å². The summed E-state index contributed by atoms with van der Waals surface area (Å²) < 4.78 is 5.01. The number of esters is 1. The van der Waals surface area contributed by atoms with Gasteiger partial charge in [0.2, 0.25) is 0 Å². The van der Waals surface area contributed by atoms with Gasteiger partial charge in [-0.1, -0.05) is 13.8 Å². The Hall–Kier alpha value is -0.610. The minimum Gasteiger partial charge on any atom is -0.468 e. The number of nitrogens with one attached hydrogen (secondary N) is 1. The average Bonchev–Trinajstić information content (AvgIpc) is 2.87. The zero-order chi connectivity index (χ0) is 14.9. The van der Waals surface area contributed by atoms with Crippen LogP contribution in [-0.4, -0.2) is 49.2 Å². The van der Waals surface area contributed by atoms with Gasteiger partial charge < -0.3 is 10.1 Å². The van der Waals surface area contributed by atoms with E-state index in [1.54, 1.807) is 0 Å². The summed E-state index contributed by atoms with van der Waals surface area (Å²) in [6.07, 6.45) is 4.16. The molecule has 1 aliphatic heterocycles. The summed E-state index contributed by atoms with van der Waals surface area (Å²) in [7, 11) is 3.37. The lowest BCUT2D eigenvalue weighted by Gasteiger charge is -2.44. The van der Waals surface area contributed by atoms with Crippen LogP contribution in [0.4, 0.5) is 0 Å². The number of likely N-dealkylation sites (N-methyl/N-ethyl adjacent to an activating group) is 1. The van der Waals surface area contributed by atoms with Gasteiger partial charge in [-0.05, 0) is 51.5 Å². The molecule has 1 N–H and O–H groups in total. The molecule has 0 amide bonds. The molecule has 0 aromatic heterocycles. The normalized spacial score (nSPS) is 42.6. The summed E-state index contributed by atoms with van der Waals surface area (Å²) in [5, 5.41) is 3.23. The third kappa shape index (κ3) is 2.73. The van der Waals surface area contributed by atoms with Crippen LogP contribution in [-0.2, 0) is 9.53 Å². The summed E-state index contributed by atoms with van der Waals surface area (Å²) in [5.74, 6) is 1.39. The fourth-order valence-electron chi connectivity index (χ4n) is 4.25. The van der Waals surface area contributed by atoms with E-state index in [2.05, 4.69) is 31.0 Å². The Balaban J connectivity index is 2.09. The number of carbonyl (C=O) groups is 1. The molecule has 116 valence electrons. The van der Waals surface area contributed by atoms with Crippen molar-refractivity contribution in [2.24, 2.45) is 11.8 Å². The largest absolute Gasteiger partial charge is 0.468 e. The molecule has 1 aliphatic carbocycles. The van der Waals surface area contributed by atoms with Crippen LogP contribution in [0, 0.1) is 11.8 Å². The fraction of sp³-hybridized carbons (Fsp3) is 0.938. The third-order valence-corrected chi connectivity index (χ3v) is 5.66. The maximum Gasteiger partial charge on any atom is 0.326 e. The topological polar surface area (TPSA) is 41.6 Å². The molecule has 0 radical (unpaired) electrons. The molecule has 0 aromatic rings. The number of methoxy groups -OCH3 is 1. The highest BCUT2D eigenvalue weighted by molar-refractivity contribution is 5.81. The minimum atomic E-state index is -0.469. The van der Waals surface area contributed by atoms with Crippen molar-refractivity contribution in [1.82, 2.24) is 10.2 Å². The molecule has 0 bridgehead atoms. The second-order valence-electron chi connectivity index (χ2n) is 6.98. The van der Waals surface area contributed by atoms with Crippen LogP contribution in [0.1, 0.15) is 46.5 Å². The van der Waals surface area contributed by atoms with E-state index in [0.717, 1.165) is 37.6 Å². The van der Waals surface area contributed by atoms with Crippen LogP contribution >= 0.6 is 0 Å². The second-order valence-corrected chi connectivity index (χ2v) is 6.98. The molecule has 1 saturated carbocycles. The van der Waals surface area contributed by atoms with E-state index in [1.165, 1.54) is 13.5 Å². The molecule has 5 unspecified atom stereocenters. The first-order valence-electron chi connectivity index (χ1n) is 7.96. The van der Waals surface area contributed by atoms with Crippen molar-refractivity contribution >= 4 is 5.97 Å². The van der Waals surface area contributed by atoms with Crippen LogP contribution in [0.5, 0.6) is 0 Å². The lowest BCUT2D eigenvalue weighted by Crippen LogP contribution is -2.53. The summed E-state index contributed by atoms with van der Waals surface area (Å²) in [6.45, 7) is 8.20. The van der Waals surface area contributed by atoms with Crippen LogP contribution in [0.25, 0.3) is 0 Å². The van der Waals surface area contributed by atoms with E-state index < -0.39 is 5.54 Å². The first-order chi connectivity index (χ1) is 9.43. The number of piperidine rings is 1. The number of hydrogen-bond donors (Lipinski definition) is 1. The molecular formula is C16H30N2O2. The molecule has 0 aromatic carbocycles. The molecule has 5 atom stereocenters. The molecule has 4 heteroatoms. The Morgan fingerprint density at radius 1 is 1.35 bits per heavy atom. The van der Waals surface area contributed by atoms with Gasteiger partial charge in [0.25, 0.3) is 0 Å². The number of likely N-dealkylation sites (tertiary alicyclic amines) is 1. The minimum absolute atomic E-state index is 0.103. The summed E-state index contributed by atoms with van der Waals surface area (Å²) in [4.78, 5) is 14.7. The molecule has 2 aliphatic rings. The Bertz CT molecular complexity index is 360. The van der Waals surface area contributed by atoms with E-state index >= 15 is 0 Å². The Labute approximate surface area is 123 Å². The highest BCUT2D eigenvalue weighted by Gasteiger charge is 2.48. The molecule has 2 fully saturated rings. The lowest BCUT2D eigenvalue weighted by atomic mass is 9.84. The molecule has 1 heterocycles. The van der Waals surface area contributed by atoms with Crippen molar-refractivity contribution in [2.75, 3.05) is 20.7 Å². The maximum atomic E-state index is 12.1. The first kappa shape index (κ1) is 15.8. The van der Waals surface area contributed by atoms with Gasteiger partial charge in [-0.15, -0.1) is 0 Å². The van der Waals surface area contributed by atoms with Crippen molar-refractivity contribution in [1.29, 1.82) is 0 Å². The zero-order valence-corrected chi connectivity index (χ0v) is 13.6. The van der Waals surface area contributed by atoms with E-state index in [9.17, 15) is 4.79 Å². The number of nitrogens with zero attached hydrogens (tertiary/aromatic N) is 1. The standard InChI is InChI=1S/C16H30N2O2/c1-11-8-12(2)13(3)18(10-11)14-6-7-16(9-14,17-4)15(19)20-5/h11-14,17H,6-10H2,1-5H3. The van der Waals surface area contributed by atoms with Crippen molar-refractivity contribution in [3.05, 3.63) is 0 Å². The van der Waals surface area contributed by atoms with E-state index in [4.69, 9.17) is 4.74 Å². The van der Waals surface area contributed by atoms with Gasteiger partial charge in [0.1, 0.15) is 5.54 Å². The van der Waals surface area contributed by atoms with Gasteiger partial charge in [-0.25, -0.2) is 0 Å². The second kappa shape index (κ2) is 6.02. The van der Waals surface area contributed by atoms with E-state index in [0.29, 0.717) is 12.1 Å². The monoisotopic (exact) mass is 282 g/mol. The van der Waals surface area contributed by atoms with Crippen LogP contribution in [0.3, 0.4) is 0 Å². The fourth-order valence-corrected chi connectivity index (χ4v) is 4.25. The van der Waals surface area contributed by atoms with Gasteiger partial charge in [-0.2, -0.15) is 0 Å². The van der Waals surface area contributed by atoms with Crippen LogP contribution in [0.2, 0.25) is 0 Å². The predicted octanol–water partition coefficient (Wildman–Crippen LogP) is 2.04. The first-order valence-corrected chi connectivity index (χ1v) is 7.96. The number of carbonyl (C=O) groups excluding carboxylic acids is 1.